The SMILES string of the molecule is CCCn1cc(CNC(=O)C[C@@H]2CCc3ccccc32)cn1. The van der Waals surface area contributed by atoms with Gasteiger partial charge in [-0.05, 0) is 36.3 Å². The molecule has 1 aliphatic carbocycles. The van der Waals surface area contributed by atoms with E-state index in [0.29, 0.717) is 18.9 Å². The van der Waals surface area contributed by atoms with Gasteiger partial charge in [0.15, 0.2) is 0 Å². The van der Waals surface area contributed by atoms with Crippen LogP contribution in [0.4, 0.5) is 0 Å². The Morgan fingerprint density at radius 2 is 2.27 bits per heavy atom. The van der Waals surface area contributed by atoms with E-state index in [-0.39, 0.29) is 5.91 Å². The van der Waals surface area contributed by atoms with Gasteiger partial charge in [0.1, 0.15) is 0 Å². The van der Waals surface area contributed by atoms with Crippen molar-refractivity contribution in [3.8, 4) is 0 Å². The van der Waals surface area contributed by atoms with Crippen molar-refractivity contribution in [3.05, 3.63) is 53.3 Å². The average molecular weight is 297 g/mol. The monoisotopic (exact) mass is 297 g/mol. The van der Waals surface area contributed by atoms with Crippen LogP contribution >= 0.6 is 0 Å². The first-order valence-electron chi connectivity index (χ1n) is 8.12. The highest BCUT2D eigenvalue weighted by atomic mass is 16.1. The van der Waals surface area contributed by atoms with Crippen molar-refractivity contribution < 1.29 is 4.79 Å². The Labute approximate surface area is 131 Å². The number of rotatable bonds is 6. The van der Waals surface area contributed by atoms with Crippen LogP contribution in [-0.2, 0) is 24.3 Å². The highest BCUT2D eigenvalue weighted by Gasteiger charge is 2.23. The zero-order valence-electron chi connectivity index (χ0n) is 13.1. The van der Waals surface area contributed by atoms with Crippen molar-refractivity contribution in [3.63, 3.8) is 0 Å². The second-order valence-electron chi connectivity index (χ2n) is 6.03. The van der Waals surface area contributed by atoms with Gasteiger partial charge in [-0.2, -0.15) is 5.10 Å². The molecule has 1 N–H and O–H groups in total. The van der Waals surface area contributed by atoms with Gasteiger partial charge in [-0.1, -0.05) is 31.2 Å². The van der Waals surface area contributed by atoms with Gasteiger partial charge in [-0.15, -0.1) is 0 Å². The lowest BCUT2D eigenvalue weighted by molar-refractivity contribution is -0.121. The molecular formula is C18H23N3O. The molecule has 2 aromatic rings. The minimum Gasteiger partial charge on any atom is -0.352 e. The molecule has 1 amide bonds. The summed E-state index contributed by atoms with van der Waals surface area (Å²) >= 11 is 0. The van der Waals surface area contributed by atoms with Crippen molar-refractivity contribution >= 4 is 5.91 Å². The second-order valence-corrected chi connectivity index (χ2v) is 6.03. The molecule has 22 heavy (non-hydrogen) atoms. The van der Waals surface area contributed by atoms with E-state index in [4.69, 9.17) is 0 Å². The van der Waals surface area contributed by atoms with E-state index >= 15 is 0 Å². The lowest BCUT2D eigenvalue weighted by atomic mass is 9.97. The number of hydrogen-bond donors (Lipinski definition) is 1. The summed E-state index contributed by atoms with van der Waals surface area (Å²) in [6.45, 7) is 3.62. The molecule has 3 rings (SSSR count). The van der Waals surface area contributed by atoms with E-state index < -0.39 is 0 Å². The lowest BCUT2D eigenvalue weighted by Gasteiger charge is -2.11. The van der Waals surface area contributed by atoms with E-state index in [9.17, 15) is 4.79 Å². The Bertz CT molecular complexity index is 647. The number of fused-ring (bicyclic) bond motifs is 1. The molecule has 4 nitrogen and oxygen atoms in total. The maximum Gasteiger partial charge on any atom is 0.220 e. The predicted molar refractivity (Wildman–Crippen MR) is 86.5 cm³/mol. The number of benzene rings is 1. The van der Waals surface area contributed by atoms with E-state index in [0.717, 1.165) is 31.4 Å². The van der Waals surface area contributed by atoms with Crippen LogP contribution in [0.3, 0.4) is 0 Å². The molecule has 1 atom stereocenters. The lowest BCUT2D eigenvalue weighted by Crippen LogP contribution is -2.24. The fourth-order valence-corrected chi connectivity index (χ4v) is 3.20. The molecule has 0 saturated carbocycles. The highest BCUT2D eigenvalue weighted by Crippen LogP contribution is 2.35. The molecule has 0 bridgehead atoms. The number of carbonyl (C=O) groups is 1. The van der Waals surface area contributed by atoms with Crippen molar-refractivity contribution in [1.29, 1.82) is 0 Å². The smallest absolute Gasteiger partial charge is 0.220 e. The number of carbonyl (C=O) groups excluding carboxylic acids is 1. The molecular weight excluding hydrogens is 274 g/mol. The Morgan fingerprint density at radius 1 is 1.41 bits per heavy atom. The maximum atomic E-state index is 12.2. The van der Waals surface area contributed by atoms with Gasteiger partial charge < -0.3 is 5.32 Å². The van der Waals surface area contributed by atoms with Gasteiger partial charge in [0.05, 0.1) is 6.20 Å². The molecule has 1 aromatic heterocycles. The first kappa shape index (κ1) is 14.8. The number of aromatic nitrogens is 2. The fraction of sp³-hybridized carbons (Fsp3) is 0.444. The number of nitrogens with one attached hydrogen (secondary N) is 1. The number of aryl methyl sites for hydroxylation is 2. The normalized spacial score (nSPS) is 16.5. The highest BCUT2D eigenvalue weighted by molar-refractivity contribution is 5.77. The third kappa shape index (κ3) is 3.38. The van der Waals surface area contributed by atoms with Gasteiger partial charge in [0.25, 0.3) is 0 Å². The summed E-state index contributed by atoms with van der Waals surface area (Å²) in [6, 6.07) is 8.48. The van der Waals surface area contributed by atoms with Crippen LogP contribution in [0.5, 0.6) is 0 Å². The summed E-state index contributed by atoms with van der Waals surface area (Å²) in [5.74, 6) is 0.504. The molecule has 0 spiro atoms. The average Bonchev–Trinajstić information content (AvgIpc) is 3.13. The second kappa shape index (κ2) is 6.77. The van der Waals surface area contributed by atoms with E-state index in [1.54, 1.807) is 0 Å². The summed E-state index contributed by atoms with van der Waals surface area (Å²) in [6.07, 6.45) is 7.67. The summed E-state index contributed by atoms with van der Waals surface area (Å²) in [5, 5.41) is 7.30. The van der Waals surface area contributed by atoms with Crippen LogP contribution in [0, 0.1) is 0 Å². The predicted octanol–water partition coefficient (Wildman–Crippen LogP) is 3.03. The molecule has 0 aliphatic heterocycles. The number of amides is 1. The van der Waals surface area contributed by atoms with Gasteiger partial charge in [-0.3, -0.25) is 9.48 Å². The minimum absolute atomic E-state index is 0.130. The molecule has 1 heterocycles. The van der Waals surface area contributed by atoms with Gasteiger partial charge >= 0.3 is 0 Å². The van der Waals surface area contributed by atoms with Crippen molar-refractivity contribution in [1.82, 2.24) is 15.1 Å². The van der Waals surface area contributed by atoms with Crippen LogP contribution in [0.2, 0.25) is 0 Å². The molecule has 0 saturated heterocycles. The summed E-state index contributed by atoms with van der Waals surface area (Å²) in [7, 11) is 0. The van der Waals surface area contributed by atoms with Crippen LogP contribution in [-0.4, -0.2) is 15.7 Å². The van der Waals surface area contributed by atoms with Crippen molar-refractivity contribution in [2.75, 3.05) is 0 Å². The Hall–Kier alpha value is -2.10. The molecule has 1 aromatic carbocycles. The third-order valence-electron chi connectivity index (χ3n) is 4.32. The maximum absolute atomic E-state index is 12.2. The molecule has 0 fully saturated rings. The van der Waals surface area contributed by atoms with Crippen molar-refractivity contribution in [2.45, 2.75) is 51.6 Å². The first-order chi connectivity index (χ1) is 10.8. The topological polar surface area (TPSA) is 46.9 Å². The standard InChI is InChI=1S/C18H23N3O/c1-2-9-21-13-14(12-20-21)11-19-18(22)10-16-8-7-15-5-3-4-6-17(15)16/h3-6,12-13,16H,2,7-11H2,1H3,(H,19,22)/t16-/m0/s1. The van der Waals surface area contributed by atoms with Crippen LogP contribution < -0.4 is 5.32 Å². The van der Waals surface area contributed by atoms with E-state index in [2.05, 4.69) is 41.6 Å². The zero-order valence-corrected chi connectivity index (χ0v) is 13.1. The Morgan fingerprint density at radius 3 is 3.14 bits per heavy atom. The van der Waals surface area contributed by atoms with Crippen LogP contribution in [0.15, 0.2) is 36.7 Å². The molecule has 116 valence electrons. The largest absolute Gasteiger partial charge is 0.352 e. The minimum atomic E-state index is 0.130. The van der Waals surface area contributed by atoms with Gasteiger partial charge in [-0.25, -0.2) is 0 Å². The zero-order chi connectivity index (χ0) is 15.4. The summed E-state index contributed by atoms with van der Waals surface area (Å²) < 4.78 is 1.93. The molecule has 4 heteroatoms. The summed E-state index contributed by atoms with van der Waals surface area (Å²) in [5.41, 5.74) is 3.82. The number of hydrogen-bond acceptors (Lipinski definition) is 2. The Kier molecular flexibility index (Phi) is 4.56. The van der Waals surface area contributed by atoms with E-state index in [1.807, 2.05) is 17.1 Å². The molecule has 0 radical (unpaired) electrons. The first-order valence-corrected chi connectivity index (χ1v) is 8.12. The third-order valence-corrected chi connectivity index (χ3v) is 4.32. The number of nitrogens with zero attached hydrogens (tertiary/aromatic N) is 2. The quantitative estimate of drug-likeness (QED) is 0.891. The van der Waals surface area contributed by atoms with Crippen LogP contribution in [0.1, 0.15) is 48.8 Å². The van der Waals surface area contributed by atoms with Gasteiger partial charge in [0.2, 0.25) is 5.91 Å². The van der Waals surface area contributed by atoms with E-state index in [1.165, 1.54) is 11.1 Å². The Balaban J connectivity index is 1.51. The van der Waals surface area contributed by atoms with Crippen molar-refractivity contribution in [2.24, 2.45) is 0 Å². The fourth-order valence-electron chi connectivity index (χ4n) is 3.20. The van der Waals surface area contributed by atoms with Crippen LogP contribution in [0.25, 0.3) is 0 Å². The molecule has 0 unspecified atom stereocenters. The summed E-state index contributed by atoms with van der Waals surface area (Å²) in [4.78, 5) is 12.2. The van der Waals surface area contributed by atoms with Gasteiger partial charge in [0, 0.05) is 31.3 Å². The molecule has 1 aliphatic rings.